The van der Waals surface area contributed by atoms with Crippen LogP contribution in [0.15, 0.2) is 66.9 Å². The molecule has 8 heteroatoms. The molecule has 0 unspecified atom stereocenters. The highest BCUT2D eigenvalue weighted by Gasteiger charge is 2.15. The number of ether oxygens (including phenoxy) is 2. The van der Waals surface area contributed by atoms with E-state index >= 15 is 0 Å². The Labute approximate surface area is 172 Å². The second-order valence-corrected chi connectivity index (χ2v) is 6.40. The maximum atomic E-state index is 12.9. The van der Waals surface area contributed by atoms with E-state index in [9.17, 15) is 18.8 Å². The van der Waals surface area contributed by atoms with Gasteiger partial charge in [-0.05, 0) is 48.0 Å². The van der Waals surface area contributed by atoms with Crippen LogP contribution < -0.4 is 10.1 Å². The molecule has 0 bridgehead atoms. The smallest absolute Gasteiger partial charge is 0.338 e. The van der Waals surface area contributed by atoms with Crippen LogP contribution in [0.5, 0.6) is 5.75 Å². The molecule has 2 aromatic carbocycles. The van der Waals surface area contributed by atoms with Gasteiger partial charge in [-0.3, -0.25) is 14.9 Å². The summed E-state index contributed by atoms with van der Waals surface area (Å²) in [5.41, 5.74) is 1.26. The van der Waals surface area contributed by atoms with Gasteiger partial charge >= 0.3 is 5.97 Å². The molecule has 0 aliphatic carbocycles. The van der Waals surface area contributed by atoms with Gasteiger partial charge in [-0.2, -0.15) is 0 Å². The summed E-state index contributed by atoms with van der Waals surface area (Å²) < 4.78 is 25.1. The van der Waals surface area contributed by atoms with Gasteiger partial charge in [0.25, 0.3) is 11.8 Å². The third-order valence-electron chi connectivity index (χ3n) is 4.15. The Kier molecular flexibility index (Phi) is 6.59. The first-order valence-corrected chi connectivity index (χ1v) is 9.02. The maximum absolute atomic E-state index is 12.9. The van der Waals surface area contributed by atoms with Crippen molar-refractivity contribution >= 4 is 17.8 Å². The van der Waals surface area contributed by atoms with Gasteiger partial charge < -0.3 is 14.0 Å². The zero-order valence-corrected chi connectivity index (χ0v) is 16.1. The monoisotopic (exact) mass is 410 g/mol. The highest BCUT2D eigenvalue weighted by molar-refractivity contribution is 6.04. The van der Waals surface area contributed by atoms with Crippen LogP contribution in [0.25, 0.3) is 0 Å². The number of nitrogens with one attached hydrogen (secondary N) is 1. The first-order chi connectivity index (χ1) is 14.4. The molecule has 0 fully saturated rings. The van der Waals surface area contributed by atoms with Crippen LogP contribution in [-0.4, -0.2) is 29.0 Å². The van der Waals surface area contributed by atoms with Crippen molar-refractivity contribution in [2.75, 3.05) is 6.61 Å². The second kappa shape index (κ2) is 9.51. The largest absolute Gasteiger partial charge is 0.489 e. The molecule has 3 rings (SSSR count). The first kappa shape index (κ1) is 20.8. The number of esters is 1. The van der Waals surface area contributed by atoms with Gasteiger partial charge in [0.1, 0.15) is 23.9 Å². The minimum Gasteiger partial charge on any atom is -0.489 e. The van der Waals surface area contributed by atoms with E-state index < -0.39 is 24.4 Å². The van der Waals surface area contributed by atoms with Gasteiger partial charge in [0.05, 0.1) is 5.56 Å². The molecule has 1 heterocycles. The molecule has 0 saturated carbocycles. The van der Waals surface area contributed by atoms with Crippen LogP contribution in [0.4, 0.5) is 4.39 Å². The van der Waals surface area contributed by atoms with Crippen LogP contribution >= 0.6 is 0 Å². The van der Waals surface area contributed by atoms with Gasteiger partial charge in [-0.15, -0.1) is 0 Å². The molecule has 1 N–H and O–H groups in total. The molecule has 0 aliphatic rings. The lowest BCUT2D eigenvalue weighted by molar-refractivity contribution is -0.123. The summed E-state index contributed by atoms with van der Waals surface area (Å²) in [6.07, 6.45) is 1.67. The maximum Gasteiger partial charge on any atom is 0.338 e. The molecule has 154 valence electrons. The number of rotatable bonds is 7. The minimum atomic E-state index is -0.738. The van der Waals surface area contributed by atoms with Gasteiger partial charge in [-0.1, -0.05) is 18.2 Å². The number of hydrogen-bond donors (Lipinski definition) is 1. The predicted molar refractivity (Wildman–Crippen MR) is 105 cm³/mol. The summed E-state index contributed by atoms with van der Waals surface area (Å²) in [6.45, 7) is -0.405. The summed E-state index contributed by atoms with van der Waals surface area (Å²) >= 11 is 0. The van der Waals surface area contributed by atoms with Crippen LogP contribution in [0.2, 0.25) is 0 Å². The lowest BCUT2D eigenvalue weighted by Crippen LogP contribution is -2.35. The Morgan fingerprint density at radius 1 is 1.03 bits per heavy atom. The van der Waals surface area contributed by atoms with E-state index in [1.54, 1.807) is 54.2 Å². The molecule has 0 aliphatic heterocycles. The van der Waals surface area contributed by atoms with Crippen LogP contribution in [0.3, 0.4) is 0 Å². The van der Waals surface area contributed by atoms with E-state index in [1.165, 1.54) is 24.3 Å². The number of benzene rings is 2. The molecule has 0 saturated heterocycles. The van der Waals surface area contributed by atoms with E-state index in [0.29, 0.717) is 11.4 Å². The fraction of sp³-hybridized carbons (Fsp3) is 0.136. The zero-order valence-electron chi connectivity index (χ0n) is 16.1. The molecule has 0 atom stereocenters. The van der Waals surface area contributed by atoms with E-state index in [2.05, 4.69) is 5.32 Å². The Hall–Kier alpha value is -3.94. The van der Waals surface area contributed by atoms with Crippen molar-refractivity contribution < 1.29 is 28.2 Å². The zero-order chi connectivity index (χ0) is 21.5. The second-order valence-electron chi connectivity index (χ2n) is 6.40. The van der Waals surface area contributed by atoms with E-state index in [-0.39, 0.29) is 18.0 Å². The third-order valence-corrected chi connectivity index (χ3v) is 4.15. The number of aryl methyl sites for hydroxylation is 1. The fourth-order valence-electron chi connectivity index (χ4n) is 2.60. The number of carbonyl (C=O) groups excluding carboxylic acids is 3. The number of carbonyl (C=O) groups is 3. The van der Waals surface area contributed by atoms with Gasteiger partial charge in [-0.25, -0.2) is 9.18 Å². The average molecular weight is 410 g/mol. The standard InChI is InChI=1S/C22H19FN2O5/c1-25-11-3-6-19(25)21(27)24-20(26)14-30-22(28)16-4-2-5-18(12-16)29-13-15-7-9-17(23)10-8-15/h2-12H,13-14H2,1H3,(H,24,26,27). The Morgan fingerprint density at radius 3 is 2.50 bits per heavy atom. The number of amides is 2. The lowest BCUT2D eigenvalue weighted by atomic mass is 10.2. The van der Waals surface area contributed by atoms with Crippen LogP contribution in [0, 0.1) is 5.82 Å². The van der Waals surface area contributed by atoms with Crippen LogP contribution in [0.1, 0.15) is 26.4 Å². The minimum absolute atomic E-state index is 0.188. The van der Waals surface area contributed by atoms with Gasteiger partial charge in [0, 0.05) is 13.2 Å². The molecule has 0 spiro atoms. The van der Waals surface area contributed by atoms with E-state index in [0.717, 1.165) is 5.56 Å². The summed E-state index contributed by atoms with van der Waals surface area (Å²) in [6, 6.07) is 15.3. The molecular weight excluding hydrogens is 391 g/mol. The van der Waals surface area contributed by atoms with Crippen molar-refractivity contribution in [1.82, 2.24) is 9.88 Å². The highest BCUT2D eigenvalue weighted by Crippen LogP contribution is 2.16. The highest BCUT2D eigenvalue weighted by atomic mass is 19.1. The quantitative estimate of drug-likeness (QED) is 0.606. The SMILES string of the molecule is Cn1cccc1C(=O)NC(=O)COC(=O)c1cccc(OCc2ccc(F)cc2)c1. The Balaban J connectivity index is 1.50. The summed E-state index contributed by atoms with van der Waals surface area (Å²) in [7, 11) is 1.67. The van der Waals surface area contributed by atoms with Crippen molar-refractivity contribution in [3.05, 3.63) is 89.5 Å². The van der Waals surface area contributed by atoms with Crippen molar-refractivity contribution in [2.45, 2.75) is 6.61 Å². The normalized spacial score (nSPS) is 10.3. The molecular formula is C22H19FN2O5. The summed E-state index contributed by atoms with van der Waals surface area (Å²) in [5, 5.41) is 2.16. The van der Waals surface area contributed by atoms with Crippen LogP contribution in [-0.2, 0) is 23.2 Å². The molecule has 3 aromatic rings. The number of halogens is 1. The van der Waals surface area contributed by atoms with E-state index in [1.807, 2.05) is 0 Å². The Bertz CT molecular complexity index is 1060. The topological polar surface area (TPSA) is 86.6 Å². The van der Waals surface area contributed by atoms with Gasteiger partial charge in [0.15, 0.2) is 6.61 Å². The molecule has 30 heavy (non-hydrogen) atoms. The number of nitrogens with zero attached hydrogens (tertiary/aromatic N) is 1. The number of hydrogen-bond acceptors (Lipinski definition) is 5. The first-order valence-electron chi connectivity index (χ1n) is 9.02. The average Bonchev–Trinajstić information content (AvgIpc) is 3.18. The number of aromatic nitrogens is 1. The molecule has 1 aromatic heterocycles. The summed E-state index contributed by atoms with van der Waals surface area (Å²) in [4.78, 5) is 36.0. The third kappa shape index (κ3) is 5.54. The molecule has 0 radical (unpaired) electrons. The van der Waals surface area contributed by atoms with Crippen molar-refractivity contribution in [3.63, 3.8) is 0 Å². The van der Waals surface area contributed by atoms with Crippen molar-refractivity contribution in [1.29, 1.82) is 0 Å². The lowest BCUT2D eigenvalue weighted by Gasteiger charge is -2.09. The molecule has 7 nitrogen and oxygen atoms in total. The van der Waals surface area contributed by atoms with Crippen molar-refractivity contribution in [2.24, 2.45) is 7.05 Å². The number of imide groups is 1. The summed E-state index contributed by atoms with van der Waals surface area (Å²) in [5.74, 6) is -1.98. The fourth-order valence-corrected chi connectivity index (χ4v) is 2.60. The predicted octanol–water partition coefficient (Wildman–Crippen LogP) is 2.86. The molecule has 2 amide bonds. The van der Waals surface area contributed by atoms with Crippen molar-refractivity contribution in [3.8, 4) is 5.75 Å². The van der Waals surface area contributed by atoms with Gasteiger partial charge in [0.2, 0.25) is 0 Å². The Morgan fingerprint density at radius 2 is 1.80 bits per heavy atom. The van der Waals surface area contributed by atoms with E-state index in [4.69, 9.17) is 9.47 Å².